The molecule has 0 unspecified atom stereocenters. The van der Waals surface area contributed by atoms with Crippen LogP contribution in [0.5, 0.6) is 5.75 Å². The van der Waals surface area contributed by atoms with Gasteiger partial charge >= 0.3 is 6.18 Å². The summed E-state index contributed by atoms with van der Waals surface area (Å²) in [5.74, 6) is 0.751. The number of hydrogen-bond donors (Lipinski definition) is 2. The molecule has 0 spiro atoms. The molecule has 3 aromatic rings. The Bertz CT molecular complexity index is 1240. The van der Waals surface area contributed by atoms with Crippen LogP contribution in [0.3, 0.4) is 0 Å². The molecule has 1 saturated carbocycles. The monoisotopic (exact) mass is 500 g/mol. The number of aromatic nitrogens is 1. The molecule has 4 rings (SSSR count). The first-order valence-electron chi connectivity index (χ1n) is 12.9. The lowest BCUT2D eigenvalue weighted by Crippen LogP contribution is -2.51. The molecule has 0 amide bonds. The molecule has 1 aliphatic rings. The number of H-pyrrole nitrogens is 1. The van der Waals surface area contributed by atoms with Crippen LogP contribution >= 0.6 is 0 Å². The minimum Gasteiger partial charge on any atom is -0.490 e. The van der Waals surface area contributed by atoms with E-state index >= 15 is 0 Å². The van der Waals surface area contributed by atoms with Crippen molar-refractivity contribution in [3.05, 3.63) is 75.7 Å². The van der Waals surface area contributed by atoms with Crippen molar-refractivity contribution in [1.29, 1.82) is 0 Å². The quantitative estimate of drug-likeness (QED) is 0.354. The Kier molecular flexibility index (Phi) is 7.79. The number of fused-ring (bicyclic) bond motifs is 1. The molecular weight excluding hydrogens is 465 g/mol. The van der Waals surface area contributed by atoms with Gasteiger partial charge in [0.2, 0.25) is 0 Å². The van der Waals surface area contributed by atoms with Crippen LogP contribution in [0.4, 0.5) is 13.2 Å². The van der Waals surface area contributed by atoms with E-state index in [4.69, 9.17) is 4.74 Å². The highest BCUT2D eigenvalue weighted by Crippen LogP contribution is 2.45. The Morgan fingerprint density at radius 2 is 1.89 bits per heavy atom. The van der Waals surface area contributed by atoms with E-state index in [1.807, 2.05) is 31.2 Å². The van der Waals surface area contributed by atoms with Crippen molar-refractivity contribution in [2.75, 3.05) is 6.54 Å². The lowest BCUT2D eigenvalue weighted by atomic mass is 9.63. The average Bonchev–Trinajstić information content (AvgIpc) is 2.86. The van der Waals surface area contributed by atoms with Gasteiger partial charge in [0, 0.05) is 23.0 Å². The molecular formula is C29H35F3N2O2. The van der Waals surface area contributed by atoms with E-state index in [2.05, 4.69) is 24.1 Å². The fourth-order valence-electron chi connectivity index (χ4n) is 5.75. The standard InChI is InChI=1S/C29H35F3N2O2/c1-4-14-33-26(5-2)28(21-7-6-8-22(18-21)29(30,31)32)12-9-23(10-13-28)36-25-17-20-11-15-34-27(35)24(20)16-19(25)3/h6-8,11,15-18,23,26,33H,4-5,9-10,12-14H2,1-3H3,(H,34,35)/t23?,26-,28?/m1/s1. The molecule has 0 saturated heterocycles. The predicted octanol–water partition coefficient (Wildman–Crippen LogP) is 6.89. The molecule has 4 nitrogen and oxygen atoms in total. The van der Waals surface area contributed by atoms with Gasteiger partial charge in [-0.1, -0.05) is 32.0 Å². The summed E-state index contributed by atoms with van der Waals surface area (Å²) in [7, 11) is 0. The van der Waals surface area contributed by atoms with Gasteiger partial charge in [0.15, 0.2) is 0 Å². The van der Waals surface area contributed by atoms with Crippen LogP contribution in [-0.4, -0.2) is 23.7 Å². The Morgan fingerprint density at radius 3 is 2.56 bits per heavy atom. The largest absolute Gasteiger partial charge is 0.490 e. The number of hydrogen-bond acceptors (Lipinski definition) is 3. The molecule has 1 aromatic heterocycles. The van der Waals surface area contributed by atoms with E-state index in [0.717, 1.165) is 73.4 Å². The number of aryl methyl sites for hydroxylation is 1. The van der Waals surface area contributed by atoms with Gasteiger partial charge in [0.25, 0.3) is 5.56 Å². The van der Waals surface area contributed by atoms with Crippen LogP contribution in [0.25, 0.3) is 10.8 Å². The summed E-state index contributed by atoms with van der Waals surface area (Å²) >= 11 is 0. The van der Waals surface area contributed by atoms with E-state index in [1.54, 1.807) is 6.20 Å². The lowest BCUT2D eigenvalue weighted by Gasteiger charge is -2.46. The number of halogens is 3. The normalized spacial score (nSPS) is 21.4. The third-order valence-corrected chi connectivity index (χ3v) is 7.67. The summed E-state index contributed by atoms with van der Waals surface area (Å²) in [5.41, 5.74) is 0.537. The molecule has 1 fully saturated rings. The molecule has 0 aliphatic heterocycles. The summed E-state index contributed by atoms with van der Waals surface area (Å²) in [6, 6.07) is 11.6. The zero-order valence-electron chi connectivity index (χ0n) is 21.2. The molecule has 7 heteroatoms. The van der Waals surface area contributed by atoms with E-state index < -0.39 is 17.2 Å². The van der Waals surface area contributed by atoms with Crippen LogP contribution in [0, 0.1) is 6.92 Å². The summed E-state index contributed by atoms with van der Waals surface area (Å²) < 4.78 is 47.1. The molecule has 1 heterocycles. The first-order valence-corrected chi connectivity index (χ1v) is 12.9. The SMILES string of the molecule is CCCN[C@H](CC)C1(c2cccc(C(F)(F)F)c2)CCC(Oc2cc3cc[nH]c(=O)c3cc2C)CC1. The summed E-state index contributed by atoms with van der Waals surface area (Å²) in [5, 5.41) is 5.08. The van der Waals surface area contributed by atoms with Crippen molar-refractivity contribution >= 4 is 10.8 Å². The molecule has 2 N–H and O–H groups in total. The Balaban J connectivity index is 1.60. The highest BCUT2D eigenvalue weighted by molar-refractivity contribution is 5.83. The van der Waals surface area contributed by atoms with E-state index in [9.17, 15) is 18.0 Å². The van der Waals surface area contributed by atoms with Crippen molar-refractivity contribution in [3.8, 4) is 5.75 Å². The van der Waals surface area contributed by atoms with Gasteiger partial charge in [0.1, 0.15) is 5.75 Å². The second-order valence-corrected chi connectivity index (χ2v) is 9.98. The maximum Gasteiger partial charge on any atom is 0.416 e. The van der Waals surface area contributed by atoms with Crippen LogP contribution in [0.1, 0.15) is 69.1 Å². The number of rotatable bonds is 8. The van der Waals surface area contributed by atoms with E-state index in [-0.39, 0.29) is 17.7 Å². The van der Waals surface area contributed by atoms with Gasteiger partial charge in [-0.2, -0.15) is 13.2 Å². The fourth-order valence-corrected chi connectivity index (χ4v) is 5.75. The van der Waals surface area contributed by atoms with Crippen molar-refractivity contribution in [2.45, 2.75) is 83.0 Å². The molecule has 194 valence electrons. The second-order valence-electron chi connectivity index (χ2n) is 9.98. The Labute approximate surface area is 210 Å². The van der Waals surface area contributed by atoms with E-state index in [1.165, 1.54) is 12.1 Å². The summed E-state index contributed by atoms with van der Waals surface area (Å²) in [6.07, 6.45) is 1.98. The first kappa shape index (κ1) is 26.3. The van der Waals surface area contributed by atoms with Crippen molar-refractivity contribution in [2.24, 2.45) is 0 Å². The van der Waals surface area contributed by atoms with Crippen LogP contribution in [0.2, 0.25) is 0 Å². The molecule has 0 bridgehead atoms. The van der Waals surface area contributed by atoms with Crippen LogP contribution in [-0.2, 0) is 11.6 Å². The predicted molar refractivity (Wildman–Crippen MR) is 138 cm³/mol. The summed E-state index contributed by atoms with van der Waals surface area (Å²) in [4.78, 5) is 14.8. The average molecular weight is 501 g/mol. The van der Waals surface area contributed by atoms with Gasteiger partial charge in [-0.25, -0.2) is 0 Å². The topological polar surface area (TPSA) is 54.1 Å². The minimum atomic E-state index is -4.37. The number of nitrogens with one attached hydrogen (secondary N) is 2. The third-order valence-electron chi connectivity index (χ3n) is 7.67. The maximum atomic E-state index is 13.6. The summed E-state index contributed by atoms with van der Waals surface area (Å²) in [6.45, 7) is 6.96. The first-order chi connectivity index (χ1) is 17.2. The molecule has 1 aliphatic carbocycles. The number of pyridine rings is 1. The zero-order valence-corrected chi connectivity index (χ0v) is 21.2. The number of alkyl halides is 3. The fraction of sp³-hybridized carbons (Fsp3) is 0.483. The third kappa shape index (κ3) is 5.31. The van der Waals surface area contributed by atoms with Gasteiger partial charge in [-0.3, -0.25) is 4.79 Å². The number of ether oxygens (including phenoxy) is 1. The van der Waals surface area contributed by atoms with Crippen molar-refractivity contribution < 1.29 is 17.9 Å². The Morgan fingerprint density at radius 1 is 1.14 bits per heavy atom. The molecule has 0 radical (unpaired) electrons. The Hall–Kier alpha value is -2.80. The highest BCUT2D eigenvalue weighted by atomic mass is 19.4. The smallest absolute Gasteiger partial charge is 0.416 e. The molecule has 36 heavy (non-hydrogen) atoms. The molecule has 1 atom stereocenters. The number of aromatic amines is 1. The molecule has 2 aromatic carbocycles. The van der Waals surface area contributed by atoms with Crippen LogP contribution < -0.4 is 15.6 Å². The van der Waals surface area contributed by atoms with Gasteiger partial charge in [-0.15, -0.1) is 0 Å². The van der Waals surface area contributed by atoms with Crippen molar-refractivity contribution in [3.63, 3.8) is 0 Å². The van der Waals surface area contributed by atoms with Gasteiger partial charge < -0.3 is 15.0 Å². The number of benzene rings is 2. The minimum absolute atomic E-state index is 0.0363. The van der Waals surface area contributed by atoms with Crippen LogP contribution in [0.15, 0.2) is 53.5 Å². The zero-order chi connectivity index (χ0) is 25.9. The maximum absolute atomic E-state index is 13.6. The lowest BCUT2D eigenvalue weighted by molar-refractivity contribution is -0.137. The highest BCUT2D eigenvalue weighted by Gasteiger charge is 2.44. The second kappa shape index (κ2) is 10.7. The van der Waals surface area contributed by atoms with E-state index in [0.29, 0.717) is 5.39 Å². The van der Waals surface area contributed by atoms with Gasteiger partial charge in [-0.05, 0) is 92.8 Å². The van der Waals surface area contributed by atoms with Crippen molar-refractivity contribution in [1.82, 2.24) is 10.3 Å². The van der Waals surface area contributed by atoms with Gasteiger partial charge in [0.05, 0.1) is 11.7 Å².